The highest BCUT2D eigenvalue weighted by Gasteiger charge is 2.30. The third-order valence-corrected chi connectivity index (χ3v) is 5.47. The zero-order valence-corrected chi connectivity index (χ0v) is 12.4. The Kier molecular flexibility index (Phi) is 7.06. The smallest absolute Gasteiger partial charge is 0.223 e. The van der Waals surface area contributed by atoms with Gasteiger partial charge < -0.3 is 10.4 Å². The van der Waals surface area contributed by atoms with Gasteiger partial charge in [0, 0.05) is 38.0 Å². The fraction of sp³-hybridized carbons (Fsp3) is 0.909. The van der Waals surface area contributed by atoms with Crippen LogP contribution in [0.2, 0.25) is 0 Å². The summed E-state index contributed by atoms with van der Waals surface area (Å²) in [6.07, 6.45) is 1.60. The Bertz CT molecular complexity index is 380. The molecule has 1 amide bonds. The van der Waals surface area contributed by atoms with Crippen molar-refractivity contribution in [2.75, 3.05) is 37.9 Å². The molecule has 1 aliphatic heterocycles. The number of piperidine rings is 1. The maximum atomic E-state index is 11.8. The predicted octanol–water partition coefficient (Wildman–Crippen LogP) is -0.234. The lowest BCUT2D eigenvalue weighted by atomic mass is 9.97. The van der Waals surface area contributed by atoms with Gasteiger partial charge in [0.1, 0.15) is 0 Å². The van der Waals surface area contributed by atoms with Crippen molar-refractivity contribution in [1.82, 2.24) is 9.62 Å². The first-order valence-corrected chi connectivity index (χ1v) is 8.58. The number of halogens is 1. The Morgan fingerprint density at radius 3 is 2.53 bits per heavy atom. The van der Waals surface area contributed by atoms with Gasteiger partial charge in [0.25, 0.3) is 0 Å². The molecule has 1 rings (SSSR count). The Morgan fingerprint density at radius 2 is 2.00 bits per heavy atom. The van der Waals surface area contributed by atoms with Gasteiger partial charge in [-0.1, -0.05) is 0 Å². The molecule has 1 saturated heterocycles. The molecule has 0 atom stereocenters. The quantitative estimate of drug-likeness (QED) is 0.502. The highest BCUT2D eigenvalue weighted by atomic mass is 35.5. The minimum absolute atomic E-state index is 0.0510. The van der Waals surface area contributed by atoms with Crippen LogP contribution in [0.4, 0.5) is 0 Å². The van der Waals surface area contributed by atoms with Crippen molar-refractivity contribution < 1.29 is 18.3 Å². The van der Waals surface area contributed by atoms with E-state index in [1.54, 1.807) is 0 Å². The number of aliphatic hydroxyl groups excluding tert-OH is 1. The maximum Gasteiger partial charge on any atom is 0.223 e. The number of nitrogens with one attached hydrogen (secondary N) is 1. The summed E-state index contributed by atoms with van der Waals surface area (Å²) in [5, 5.41) is 11.4. The molecule has 1 aliphatic rings. The first kappa shape index (κ1) is 16.7. The van der Waals surface area contributed by atoms with Crippen molar-refractivity contribution >= 4 is 27.5 Å². The molecule has 0 aliphatic carbocycles. The maximum absolute atomic E-state index is 11.8. The van der Waals surface area contributed by atoms with E-state index in [1.807, 2.05) is 0 Å². The van der Waals surface area contributed by atoms with Gasteiger partial charge in [-0.05, 0) is 19.3 Å². The van der Waals surface area contributed by atoms with Gasteiger partial charge >= 0.3 is 0 Å². The standard InChI is InChI=1S/C11H21ClN2O4S/c12-4-9-19(17,18)14-6-2-10(3-7-14)11(16)13-5-1-8-15/h10,15H,1-9H2,(H,13,16). The summed E-state index contributed by atoms with van der Waals surface area (Å²) in [5.74, 6) is -0.157. The average Bonchev–Trinajstić information content (AvgIpc) is 2.39. The van der Waals surface area contributed by atoms with Crippen LogP contribution in [0.1, 0.15) is 19.3 Å². The van der Waals surface area contributed by atoms with Crippen molar-refractivity contribution in [3.05, 3.63) is 0 Å². The van der Waals surface area contributed by atoms with Gasteiger partial charge in [0.15, 0.2) is 0 Å². The zero-order chi connectivity index (χ0) is 14.3. The van der Waals surface area contributed by atoms with Gasteiger partial charge in [-0.3, -0.25) is 4.79 Å². The fourth-order valence-corrected chi connectivity index (χ4v) is 3.86. The molecule has 2 N–H and O–H groups in total. The Hall–Kier alpha value is -0.370. The van der Waals surface area contributed by atoms with E-state index in [0.717, 1.165) is 0 Å². The zero-order valence-electron chi connectivity index (χ0n) is 10.8. The Labute approximate surface area is 119 Å². The summed E-state index contributed by atoms with van der Waals surface area (Å²) >= 11 is 5.46. The molecule has 0 unspecified atom stereocenters. The molecule has 112 valence electrons. The lowest BCUT2D eigenvalue weighted by molar-refractivity contribution is -0.126. The third-order valence-electron chi connectivity index (χ3n) is 3.19. The van der Waals surface area contributed by atoms with E-state index in [0.29, 0.717) is 38.9 Å². The van der Waals surface area contributed by atoms with Gasteiger partial charge in [-0.15, -0.1) is 11.6 Å². The Morgan fingerprint density at radius 1 is 1.37 bits per heavy atom. The first-order chi connectivity index (χ1) is 9.01. The number of rotatable bonds is 7. The second-order valence-electron chi connectivity index (χ2n) is 4.55. The van der Waals surface area contributed by atoms with Crippen molar-refractivity contribution in [2.45, 2.75) is 19.3 Å². The highest BCUT2D eigenvalue weighted by Crippen LogP contribution is 2.20. The molecular weight excluding hydrogens is 292 g/mol. The van der Waals surface area contributed by atoms with E-state index in [9.17, 15) is 13.2 Å². The molecule has 0 aromatic carbocycles. The van der Waals surface area contributed by atoms with Crippen molar-refractivity contribution in [2.24, 2.45) is 5.92 Å². The largest absolute Gasteiger partial charge is 0.396 e. The molecule has 0 aromatic rings. The second-order valence-corrected chi connectivity index (χ2v) is 7.01. The topological polar surface area (TPSA) is 86.7 Å². The van der Waals surface area contributed by atoms with E-state index in [1.165, 1.54) is 4.31 Å². The molecule has 0 bridgehead atoms. The molecular formula is C11H21ClN2O4S. The molecule has 0 saturated carbocycles. The molecule has 0 spiro atoms. The second kappa shape index (κ2) is 8.04. The van der Waals surface area contributed by atoms with E-state index in [-0.39, 0.29) is 30.1 Å². The number of alkyl halides is 1. The average molecular weight is 313 g/mol. The summed E-state index contributed by atoms with van der Waals surface area (Å²) in [5.41, 5.74) is 0. The van der Waals surface area contributed by atoms with Crippen LogP contribution in [-0.2, 0) is 14.8 Å². The van der Waals surface area contributed by atoms with Crippen LogP contribution < -0.4 is 5.32 Å². The van der Waals surface area contributed by atoms with Crippen LogP contribution in [0.15, 0.2) is 0 Å². The summed E-state index contributed by atoms with van der Waals surface area (Å²) in [7, 11) is -3.27. The monoisotopic (exact) mass is 312 g/mol. The molecule has 6 nitrogen and oxygen atoms in total. The normalized spacial score (nSPS) is 18.4. The lowest BCUT2D eigenvalue weighted by Gasteiger charge is -2.30. The fourth-order valence-electron chi connectivity index (χ4n) is 2.06. The molecule has 1 fully saturated rings. The van der Waals surface area contributed by atoms with E-state index in [2.05, 4.69) is 5.32 Å². The number of hydrogen-bond donors (Lipinski definition) is 2. The van der Waals surface area contributed by atoms with Gasteiger partial charge in [-0.2, -0.15) is 0 Å². The van der Waals surface area contributed by atoms with Crippen LogP contribution >= 0.6 is 11.6 Å². The molecule has 8 heteroatoms. The van der Waals surface area contributed by atoms with Crippen LogP contribution in [0.5, 0.6) is 0 Å². The number of sulfonamides is 1. The number of hydrogen-bond acceptors (Lipinski definition) is 4. The van der Waals surface area contributed by atoms with Crippen molar-refractivity contribution in [1.29, 1.82) is 0 Å². The van der Waals surface area contributed by atoms with Crippen LogP contribution in [0.3, 0.4) is 0 Å². The van der Waals surface area contributed by atoms with Crippen LogP contribution in [0.25, 0.3) is 0 Å². The van der Waals surface area contributed by atoms with Crippen molar-refractivity contribution in [3.8, 4) is 0 Å². The van der Waals surface area contributed by atoms with Crippen molar-refractivity contribution in [3.63, 3.8) is 0 Å². The van der Waals surface area contributed by atoms with Crippen LogP contribution in [-0.4, -0.2) is 61.6 Å². The van der Waals surface area contributed by atoms with Gasteiger partial charge in [0.2, 0.25) is 15.9 Å². The number of carbonyl (C=O) groups is 1. The van der Waals surface area contributed by atoms with Gasteiger partial charge in [0.05, 0.1) is 5.75 Å². The first-order valence-electron chi connectivity index (χ1n) is 6.43. The number of amides is 1. The summed E-state index contributed by atoms with van der Waals surface area (Å²) in [6.45, 7) is 1.25. The minimum Gasteiger partial charge on any atom is -0.396 e. The third kappa shape index (κ3) is 5.25. The minimum atomic E-state index is -3.27. The SMILES string of the molecule is O=C(NCCCO)C1CCN(S(=O)(=O)CCCl)CC1. The van der Waals surface area contributed by atoms with E-state index in [4.69, 9.17) is 16.7 Å². The summed E-state index contributed by atoms with van der Waals surface area (Å²) in [6, 6.07) is 0. The number of nitrogens with zero attached hydrogens (tertiary/aromatic N) is 1. The van der Waals surface area contributed by atoms with Crippen LogP contribution in [0, 0.1) is 5.92 Å². The summed E-state index contributed by atoms with van der Waals surface area (Å²) in [4.78, 5) is 11.8. The molecule has 0 aromatic heterocycles. The van der Waals surface area contributed by atoms with E-state index >= 15 is 0 Å². The lowest BCUT2D eigenvalue weighted by Crippen LogP contribution is -2.44. The Balaban J connectivity index is 2.38. The highest BCUT2D eigenvalue weighted by molar-refractivity contribution is 7.89. The number of carbonyl (C=O) groups excluding carboxylic acids is 1. The summed E-state index contributed by atoms with van der Waals surface area (Å²) < 4.78 is 25.0. The number of aliphatic hydroxyl groups is 1. The van der Waals surface area contributed by atoms with E-state index < -0.39 is 10.0 Å². The van der Waals surface area contributed by atoms with Gasteiger partial charge in [-0.25, -0.2) is 12.7 Å². The molecule has 1 heterocycles. The predicted molar refractivity (Wildman–Crippen MR) is 73.5 cm³/mol. The molecule has 19 heavy (non-hydrogen) atoms. The molecule has 0 radical (unpaired) electrons.